The molecule has 0 atom stereocenters. The zero-order valence-electron chi connectivity index (χ0n) is 9.42. The second-order valence-electron chi connectivity index (χ2n) is 3.37. The monoisotopic (exact) mass is 232 g/mol. The maximum absolute atomic E-state index is 10.9. The van der Waals surface area contributed by atoms with Gasteiger partial charge in [-0.3, -0.25) is 4.79 Å². The Kier molecular flexibility index (Phi) is 3.62. The summed E-state index contributed by atoms with van der Waals surface area (Å²) in [5.41, 5.74) is 1.03. The highest BCUT2D eigenvalue weighted by Gasteiger charge is 2.07. The van der Waals surface area contributed by atoms with Crippen molar-refractivity contribution in [3.05, 3.63) is 30.0 Å². The molecule has 2 rings (SSSR count). The highest BCUT2D eigenvalue weighted by Crippen LogP contribution is 2.16. The predicted molar refractivity (Wildman–Crippen MR) is 62.3 cm³/mol. The van der Waals surface area contributed by atoms with Gasteiger partial charge in [0.15, 0.2) is 6.29 Å². The topological polar surface area (TPSA) is 61.3 Å². The molecule has 0 spiro atoms. The Bertz CT molecular complexity index is 528. The zero-order valence-corrected chi connectivity index (χ0v) is 9.42. The number of carbonyl (C=O) groups excluding carboxylic acids is 1. The third-order valence-electron chi connectivity index (χ3n) is 2.24. The normalized spacial score (nSPS) is 10.4. The number of nitrogens with zero attached hydrogens (tertiary/aromatic N) is 2. The number of para-hydroxylation sites is 1. The minimum absolute atomic E-state index is 0.197. The molecular weight excluding hydrogens is 220 g/mol. The molecule has 0 aliphatic heterocycles. The molecule has 5 heteroatoms. The minimum atomic E-state index is 0.197. The molecule has 0 aliphatic rings. The summed E-state index contributed by atoms with van der Waals surface area (Å²) < 4.78 is 10.1. The Hall–Kier alpha value is -2.01. The van der Waals surface area contributed by atoms with Gasteiger partial charge in [0, 0.05) is 12.5 Å². The fourth-order valence-corrected chi connectivity index (χ4v) is 1.45. The van der Waals surface area contributed by atoms with Gasteiger partial charge in [-0.1, -0.05) is 18.2 Å². The van der Waals surface area contributed by atoms with Gasteiger partial charge in [0.25, 0.3) is 0 Å². The summed E-state index contributed by atoms with van der Waals surface area (Å²) >= 11 is 0. The first-order valence-corrected chi connectivity index (χ1v) is 5.19. The molecule has 0 saturated carbocycles. The van der Waals surface area contributed by atoms with Crippen molar-refractivity contribution >= 4 is 17.2 Å². The lowest BCUT2D eigenvalue weighted by atomic mass is 10.2. The molecule has 88 valence electrons. The number of fused-ring (bicyclic) bond motifs is 1. The molecule has 0 amide bonds. The number of aldehydes is 1. The maximum Gasteiger partial charge on any atom is 0.317 e. The number of benzene rings is 1. The van der Waals surface area contributed by atoms with E-state index in [1.807, 2.05) is 18.2 Å². The quantitative estimate of drug-likeness (QED) is 0.577. The van der Waals surface area contributed by atoms with Crippen molar-refractivity contribution in [2.24, 2.45) is 0 Å². The first-order chi connectivity index (χ1) is 8.35. The lowest BCUT2D eigenvalue weighted by molar-refractivity contribution is 0.111. The van der Waals surface area contributed by atoms with E-state index in [1.54, 1.807) is 13.2 Å². The van der Waals surface area contributed by atoms with Crippen LogP contribution in [0.1, 0.15) is 10.5 Å². The lowest BCUT2D eigenvalue weighted by Gasteiger charge is -2.05. The molecular formula is C12H12N2O3. The molecule has 0 radical (unpaired) electrons. The van der Waals surface area contributed by atoms with Crippen LogP contribution in [0.3, 0.4) is 0 Å². The molecule has 17 heavy (non-hydrogen) atoms. The number of aromatic nitrogens is 2. The van der Waals surface area contributed by atoms with Crippen LogP contribution in [-0.4, -0.2) is 36.6 Å². The Morgan fingerprint density at radius 2 is 2.06 bits per heavy atom. The van der Waals surface area contributed by atoms with Crippen LogP contribution in [0.2, 0.25) is 0 Å². The first kappa shape index (κ1) is 11.5. The van der Waals surface area contributed by atoms with E-state index in [0.29, 0.717) is 30.7 Å². The first-order valence-electron chi connectivity index (χ1n) is 5.19. The molecule has 1 aromatic heterocycles. The van der Waals surface area contributed by atoms with Crippen LogP contribution >= 0.6 is 0 Å². The molecule has 0 N–H and O–H groups in total. The second kappa shape index (κ2) is 5.36. The van der Waals surface area contributed by atoms with E-state index in [2.05, 4.69) is 9.97 Å². The number of rotatable bonds is 5. The SMILES string of the molecule is COCCOc1nc(C=O)c2ccccc2n1. The molecule has 1 aromatic carbocycles. The number of hydrogen-bond donors (Lipinski definition) is 0. The van der Waals surface area contributed by atoms with E-state index >= 15 is 0 Å². The summed E-state index contributed by atoms with van der Waals surface area (Å²) in [6.07, 6.45) is 0.702. The number of ether oxygens (including phenoxy) is 2. The van der Waals surface area contributed by atoms with Gasteiger partial charge in [-0.2, -0.15) is 9.97 Å². The van der Waals surface area contributed by atoms with Gasteiger partial charge < -0.3 is 9.47 Å². The summed E-state index contributed by atoms with van der Waals surface area (Å²) in [5, 5.41) is 0.724. The van der Waals surface area contributed by atoms with Crippen LogP contribution in [0.5, 0.6) is 6.01 Å². The Labute approximate surface area is 98.4 Å². The van der Waals surface area contributed by atoms with Gasteiger partial charge in [0.1, 0.15) is 12.3 Å². The van der Waals surface area contributed by atoms with Crippen LogP contribution in [0, 0.1) is 0 Å². The summed E-state index contributed by atoms with van der Waals surface area (Å²) in [4.78, 5) is 19.2. The van der Waals surface area contributed by atoms with Crippen LogP contribution in [0.4, 0.5) is 0 Å². The average Bonchev–Trinajstić information content (AvgIpc) is 2.38. The van der Waals surface area contributed by atoms with Gasteiger partial charge in [0.2, 0.25) is 0 Å². The molecule has 0 unspecified atom stereocenters. The number of methoxy groups -OCH3 is 1. The maximum atomic E-state index is 10.9. The van der Waals surface area contributed by atoms with E-state index in [4.69, 9.17) is 9.47 Å². The van der Waals surface area contributed by atoms with Crippen molar-refractivity contribution in [3.63, 3.8) is 0 Å². The Morgan fingerprint density at radius 3 is 2.82 bits per heavy atom. The second-order valence-corrected chi connectivity index (χ2v) is 3.37. The predicted octanol–water partition coefficient (Wildman–Crippen LogP) is 1.47. The van der Waals surface area contributed by atoms with Gasteiger partial charge in [-0.05, 0) is 6.07 Å². The smallest absolute Gasteiger partial charge is 0.317 e. The Balaban J connectivity index is 2.35. The summed E-state index contributed by atoms with van der Waals surface area (Å²) in [5.74, 6) is 0. The van der Waals surface area contributed by atoms with Crippen molar-refractivity contribution in [1.82, 2.24) is 9.97 Å². The highest BCUT2D eigenvalue weighted by molar-refractivity contribution is 5.94. The molecule has 0 fully saturated rings. The van der Waals surface area contributed by atoms with Crippen molar-refractivity contribution < 1.29 is 14.3 Å². The fraction of sp³-hybridized carbons (Fsp3) is 0.250. The minimum Gasteiger partial charge on any atom is -0.461 e. The van der Waals surface area contributed by atoms with Gasteiger partial charge in [0.05, 0.1) is 12.1 Å². The van der Waals surface area contributed by atoms with E-state index in [-0.39, 0.29) is 6.01 Å². The van der Waals surface area contributed by atoms with E-state index in [0.717, 1.165) is 5.39 Å². The largest absolute Gasteiger partial charge is 0.461 e. The highest BCUT2D eigenvalue weighted by atomic mass is 16.5. The Morgan fingerprint density at radius 1 is 1.24 bits per heavy atom. The molecule has 0 saturated heterocycles. The van der Waals surface area contributed by atoms with E-state index in [9.17, 15) is 4.79 Å². The van der Waals surface area contributed by atoms with Crippen LogP contribution < -0.4 is 4.74 Å². The molecule has 1 heterocycles. The molecule has 2 aromatic rings. The molecule has 0 bridgehead atoms. The van der Waals surface area contributed by atoms with E-state index in [1.165, 1.54) is 0 Å². The fourth-order valence-electron chi connectivity index (χ4n) is 1.45. The average molecular weight is 232 g/mol. The molecule has 5 nitrogen and oxygen atoms in total. The van der Waals surface area contributed by atoms with Gasteiger partial charge >= 0.3 is 6.01 Å². The van der Waals surface area contributed by atoms with Crippen molar-refractivity contribution in [2.45, 2.75) is 0 Å². The lowest BCUT2D eigenvalue weighted by Crippen LogP contribution is -2.08. The van der Waals surface area contributed by atoms with E-state index < -0.39 is 0 Å². The van der Waals surface area contributed by atoms with Crippen molar-refractivity contribution in [3.8, 4) is 6.01 Å². The number of hydrogen-bond acceptors (Lipinski definition) is 5. The third-order valence-corrected chi connectivity index (χ3v) is 2.24. The van der Waals surface area contributed by atoms with Gasteiger partial charge in [-0.25, -0.2) is 0 Å². The van der Waals surface area contributed by atoms with Crippen molar-refractivity contribution in [2.75, 3.05) is 20.3 Å². The third kappa shape index (κ3) is 2.57. The number of carbonyl (C=O) groups is 1. The summed E-state index contributed by atoms with van der Waals surface area (Å²) in [6.45, 7) is 0.805. The van der Waals surface area contributed by atoms with Crippen LogP contribution in [0.25, 0.3) is 10.9 Å². The van der Waals surface area contributed by atoms with Crippen molar-refractivity contribution in [1.29, 1.82) is 0 Å². The van der Waals surface area contributed by atoms with Crippen LogP contribution in [0.15, 0.2) is 24.3 Å². The van der Waals surface area contributed by atoms with Crippen LogP contribution in [-0.2, 0) is 4.74 Å². The zero-order chi connectivity index (χ0) is 12.1. The summed E-state index contributed by atoms with van der Waals surface area (Å²) in [7, 11) is 1.58. The summed E-state index contributed by atoms with van der Waals surface area (Å²) in [6, 6.07) is 7.50. The molecule has 0 aliphatic carbocycles. The van der Waals surface area contributed by atoms with Gasteiger partial charge in [-0.15, -0.1) is 0 Å². The standard InChI is InChI=1S/C12H12N2O3/c1-16-6-7-17-12-13-10-5-3-2-4-9(10)11(8-15)14-12/h2-5,8H,6-7H2,1H3.